The summed E-state index contributed by atoms with van der Waals surface area (Å²) in [6.45, 7) is 3.95. The summed E-state index contributed by atoms with van der Waals surface area (Å²) in [5.74, 6) is 1.20. The molecule has 3 rings (SSSR count). The smallest absolute Gasteiger partial charge is 0.257 e. The van der Waals surface area contributed by atoms with Gasteiger partial charge < -0.3 is 19.7 Å². The summed E-state index contributed by atoms with van der Waals surface area (Å²) in [4.78, 5) is 14.5. The lowest BCUT2D eigenvalue weighted by Crippen LogP contribution is -2.37. The number of aliphatic hydroxyl groups excluding tert-OH is 1. The predicted molar refractivity (Wildman–Crippen MR) is 83.7 cm³/mol. The van der Waals surface area contributed by atoms with E-state index >= 15 is 0 Å². The first-order valence-corrected chi connectivity index (χ1v) is 7.49. The zero-order valence-electron chi connectivity index (χ0n) is 12.6. The van der Waals surface area contributed by atoms with Gasteiger partial charge in [0.25, 0.3) is 5.91 Å². The van der Waals surface area contributed by atoms with Gasteiger partial charge in [0, 0.05) is 31.7 Å². The van der Waals surface area contributed by atoms with Gasteiger partial charge in [0.1, 0.15) is 11.5 Å². The zero-order valence-corrected chi connectivity index (χ0v) is 12.6. The van der Waals surface area contributed by atoms with E-state index in [9.17, 15) is 9.90 Å². The molecule has 2 heterocycles. The van der Waals surface area contributed by atoms with Gasteiger partial charge in [-0.1, -0.05) is 30.3 Å². The summed E-state index contributed by atoms with van der Waals surface area (Å²) in [6, 6.07) is 11.4. The number of nitrogens with zero attached hydrogens (tertiary/aromatic N) is 1. The molecule has 1 aromatic heterocycles. The monoisotopic (exact) mass is 300 g/mol. The van der Waals surface area contributed by atoms with Crippen LogP contribution in [0, 0.1) is 6.92 Å². The molecule has 2 N–H and O–H groups in total. The standard InChI is InChI=1S/C17H20N2O3/c1-12-9-15(16(22-12)13-5-3-2-4-6-13)17(21)19-8-7-18-10-14(20)11-19/h2-6,9,14,18,20H,7-8,10-11H2,1H3. The van der Waals surface area contributed by atoms with E-state index in [1.807, 2.05) is 37.3 Å². The molecular weight excluding hydrogens is 280 g/mol. The van der Waals surface area contributed by atoms with E-state index in [1.165, 1.54) is 0 Å². The third kappa shape index (κ3) is 3.05. The molecule has 0 aliphatic carbocycles. The van der Waals surface area contributed by atoms with Crippen LogP contribution in [0.25, 0.3) is 11.3 Å². The number of furan rings is 1. The average Bonchev–Trinajstić information content (AvgIpc) is 2.78. The topological polar surface area (TPSA) is 65.7 Å². The Morgan fingerprint density at radius 3 is 2.91 bits per heavy atom. The van der Waals surface area contributed by atoms with Gasteiger partial charge in [-0.05, 0) is 13.0 Å². The minimum atomic E-state index is -0.542. The molecule has 116 valence electrons. The highest BCUT2D eigenvalue weighted by molar-refractivity contribution is 5.99. The number of β-amino-alcohol motifs (C(OH)–C–C–N with tert-alkyl or cyclic N) is 1. The van der Waals surface area contributed by atoms with Crippen molar-refractivity contribution in [2.75, 3.05) is 26.2 Å². The lowest BCUT2D eigenvalue weighted by atomic mass is 10.1. The Kier molecular flexibility index (Phi) is 4.27. The first-order valence-electron chi connectivity index (χ1n) is 7.49. The lowest BCUT2D eigenvalue weighted by molar-refractivity contribution is 0.0673. The first-order chi connectivity index (χ1) is 10.6. The molecule has 0 spiro atoms. The molecule has 1 atom stereocenters. The fraction of sp³-hybridized carbons (Fsp3) is 0.353. The fourth-order valence-electron chi connectivity index (χ4n) is 2.72. The second-order valence-corrected chi connectivity index (χ2v) is 5.57. The summed E-state index contributed by atoms with van der Waals surface area (Å²) in [6.07, 6.45) is -0.542. The van der Waals surface area contributed by atoms with Crippen LogP contribution in [0.4, 0.5) is 0 Å². The number of nitrogens with one attached hydrogen (secondary N) is 1. The van der Waals surface area contributed by atoms with Crippen molar-refractivity contribution in [3.8, 4) is 11.3 Å². The van der Waals surface area contributed by atoms with Crippen LogP contribution >= 0.6 is 0 Å². The van der Waals surface area contributed by atoms with E-state index in [1.54, 1.807) is 11.0 Å². The van der Waals surface area contributed by atoms with Gasteiger partial charge in [0.05, 0.1) is 11.7 Å². The largest absolute Gasteiger partial charge is 0.461 e. The van der Waals surface area contributed by atoms with Crippen molar-refractivity contribution < 1.29 is 14.3 Å². The van der Waals surface area contributed by atoms with Gasteiger partial charge in [0.2, 0.25) is 0 Å². The molecule has 5 nitrogen and oxygen atoms in total. The van der Waals surface area contributed by atoms with Crippen molar-refractivity contribution in [3.63, 3.8) is 0 Å². The zero-order chi connectivity index (χ0) is 15.5. The molecule has 1 unspecified atom stereocenters. The number of hydrogen-bond acceptors (Lipinski definition) is 4. The van der Waals surface area contributed by atoms with Crippen LogP contribution in [0.1, 0.15) is 16.1 Å². The van der Waals surface area contributed by atoms with Gasteiger partial charge >= 0.3 is 0 Å². The number of hydrogen-bond donors (Lipinski definition) is 2. The second kappa shape index (κ2) is 6.34. The fourth-order valence-corrected chi connectivity index (χ4v) is 2.72. The quantitative estimate of drug-likeness (QED) is 0.885. The Labute approximate surface area is 129 Å². The van der Waals surface area contributed by atoms with Crippen LogP contribution in [-0.4, -0.2) is 48.2 Å². The number of rotatable bonds is 2. The summed E-state index contributed by atoms with van der Waals surface area (Å²) in [5, 5.41) is 13.0. The van der Waals surface area contributed by atoms with E-state index in [-0.39, 0.29) is 5.91 Å². The van der Waals surface area contributed by atoms with Crippen LogP contribution in [0.15, 0.2) is 40.8 Å². The maximum Gasteiger partial charge on any atom is 0.257 e. The third-order valence-corrected chi connectivity index (χ3v) is 3.78. The molecule has 1 aromatic carbocycles. The van der Waals surface area contributed by atoms with Crippen molar-refractivity contribution >= 4 is 5.91 Å². The van der Waals surface area contributed by atoms with E-state index in [4.69, 9.17) is 4.42 Å². The van der Waals surface area contributed by atoms with Crippen molar-refractivity contribution in [3.05, 3.63) is 47.7 Å². The first kappa shape index (κ1) is 14.8. The van der Waals surface area contributed by atoms with Crippen molar-refractivity contribution in [1.82, 2.24) is 10.2 Å². The molecular formula is C17H20N2O3. The van der Waals surface area contributed by atoms with E-state index in [0.717, 1.165) is 5.56 Å². The van der Waals surface area contributed by atoms with Crippen molar-refractivity contribution in [2.24, 2.45) is 0 Å². The molecule has 1 saturated heterocycles. The van der Waals surface area contributed by atoms with E-state index in [0.29, 0.717) is 43.3 Å². The minimum Gasteiger partial charge on any atom is -0.461 e. The summed E-state index contributed by atoms with van der Waals surface area (Å²) >= 11 is 0. The highest BCUT2D eigenvalue weighted by Gasteiger charge is 2.26. The predicted octanol–water partition coefficient (Wildman–Crippen LogP) is 1.66. The molecule has 0 saturated carbocycles. The Morgan fingerprint density at radius 2 is 2.14 bits per heavy atom. The Bertz CT molecular complexity index is 651. The Balaban J connectivity index is 1.92. The number of carbonyl (C=O) groups is 1. The molecule has 2 aromatic rings. The molecule has 1 fully saturated rings. The summed E-state index contributed by atoms with van der Waals surface area (Å²) < 4.78 is 5.75. The van der Waals surface area contributed by atoms with Crippen LogP contribution in [0.2, 0.25) is 0 Å². The van der Waals surface area contributed by atoms with Gasteiger partial charge in [-0.3, -0.25) is 4.79 Å². The number of aliphatic hydroxyl groups is 1. The molecule has 5 heteroatoms. The highest BCUT2D eigenvalue weighted by Crippen LogP contribution is 2.28. The number of amides is 1. The third-order valence-electron chi connectivity index (χ3n) is 3.78. The maximum absolute atomic E-state index is 12.8. The van der Waals surface area contributed by atoms with Gasteiger partial charge in [-0.15, -0.1) is 0 Å². The Hall–Kier alpha value is -2.11. The molecule has 0 radical (unpaired) electrons. The maximum atomic E-state index is 12.8. The van der Waals surface area contributed by atoms with Gasteiger partial charge in [0.15, 0.2) is 0 Å². The lowest BCUT2D eigenvalue weighted by Gasteiger charge is -2.21. The van der Waals surface area contributed by atoms with Crippen LogP contribution in [0.3, 0.4) is 0 Å². The molecule has 0 bridgehead atoms. The molecule has 1 amide bonds. The second-order valence-electron chi connectivity index (χ2n) is 5.57. The van der Waals surface area contributed by atoms with Crippen LogP contribution < -0.4 is 5.32 Å². The van der Waals surface area contributed by atoms with Crippen molar-refractivity contribution in [1.29, 1.82) is 0 Å². The summed E-state index contributed by atoms with van der Waals surface area (Å²) in [5.41, 5.74) is 1.44. The van der Waals surface area contributed by atoms with Crippen molar-refractivity contribution in [2.45, 2.75) is 13.0 Å². The minimum absolute atomic E-state index is 0.0987. The van der Waals surface area contributed by atoms with Gasteiger partial charge in [-0.25, -0.2) is 0 Å². The Morgan fingerprint density at radius 1 is 1.36 bits per heavy atom. The molecule has 22 heavy (non-hydrogen) atoms. The number of benzene rings is 1. The van der Waals surface area contributed by atoms with E-state index in [2.05, 4.69) is 5.32 Å². The molecule has 1 aliphatic heterocycles. The number of carbonyl (C=O) groups excluding carboxylic acids is 1. The van der Waals surface area contributed by atoms with Gasteiger partial charge in [-0.2, -0.15) is 0 Å². The van der Waals surface area contributed by atoms with Crippen LogP contribution in [0.5, 0.6) is 0 Å². The SMILES string of the molecule is Cc1cc(C(=O)N2CCNCC(O)C2)c(-c2ccccc2)o1. The number of aryl methyl sites for hydroxylation is 1. The summed E-state index contributed by atoms with van der Waals surface area (Å²) in [7, 11) is 0. The highest BCUT2D eigenvalue weighted by atomic mass is 16.3. The average molecular weight is 300 g/mol. The van der Waals surface area contributed by atoms with Crippen LogP contribution in [-0.2, 0) is 0 Å². The normalized spacial score (nSPS) is 19.0. The molecule has 1 aliphatic rings. The van der Waals surface area contributed by atoms with E-state index < -0.39 is 6.10 Å².